The molecule has 0 spiro atoms. The van der Waals surface area contributed by atoms with Crippen LogP contribution in [0.3, 0.4) is 0 Å². The Kier molecular flexibility index (Phi) is 2.90. The Morgan fingerprint density at radius 3 is 2.71 bits per heavy atom. The first-order valence-corrected chi connectivity index (χ1v) is 4.42. The molecule has 1 rings (SSSR count). The fourth-order valence-corrected chi connectivity index (χ4v) is 1.39. The lowest BCUT2D eigenvalue weighted by molar-refractivity contribution is 0.209. The van der Waals surface area contributed by atoms with Gasteiger partial charge in [-0.3, -0.25) is 0 Å². The van der Waals surface area contributed by atoms with Gasteiger partial charge >= 0.3 is 0 Å². The van der Waals surface area contributed by atoms with Crippen molar-refractivity contribution in [3.05, 3.63) is 34.9 Å². The molecule has 1 unspecified atom stereocenters. The molecule has 0 heterocycles. The van der Waals surface area contributed by atoms with Gasteiger partial charge in [-0.2, -0.15) is 5.26 Å². The maximum Gasteiger partial charge on any atom is 0.0991 e. The van der Waals surface area contributed by atoms with E-state index in [2.05, 4.69) is 6.07 Å². The van der Waals surface area contributed by atoms with E-state index in [0.717, 1.165) is 11.1 Å². The van der Waals surface area contributed by atoms with Crippen molar-refractivity contribution in [3.63, 3.8) is 0 Å². The van der Waals surface area contributed by atoms with E-state index >= 15 is 0 Å². The van der Waals surface area contributed by atoms with E-state index in [-0.39, 0.29) is 6.61 Å². The zero-order chi connectivity index (χ0) is 10.8. The zero-order valence-corrected chi connectivity index (χ0v) is 8.41. The van der Waals surface area contributed by atoms with Gasteiger partial charge in [0.1, 0.15) is 0 Å². The van der Waals surface area contributed by atoms with Crippen molar-refractivity contribution in [3.8, 4) is 6.07 Å². The van der Waals surface area contributed by atoms with E-state index in [4.69, 9.17) is 16.1 Å². The van der Waals surface area contributed by atoms with Gasteiger partial charge in [-0.15, -0.1) is 0 Å². The minimum atomic E-state index is -0.781. The van der Waals surface area contributed by atoms with Crippen LogP contribution in [-0.2, 0) is 5.54 Å². The molecule has 0 saturated carbocycles. The average molecular weight is 190 g/mol. The summed E-state index contributed by atoms with van der Waals surface area (Å²) >= 11 is 0. The summed E-state index contributed by atoms with van der Waals surface area (Å²) in [5, 5.41) is 17.9. The Labute approximate surface area is 83.8 Å². The van der Waals surface area contributed by atoms with Crippen LogP contribution in [-0.4, -0.2) is 11.7 Å². The number of aliphatic hydroxyl groups excluding tert-OH is 1. The maximum absolute atomic E-state index is 9.13. The fourth-order valence-electron chi connectivity index (χ4n) is 1.39. The van der Waals surface area contributed by atoms with E-state index in [1.54, 1.807) is 19.1 Å². The number of hydrogen-bond donors (Lipinski definition) is 2. The highest BCUT2D eigenvalue weighted by molar-refractivity contribution is 5.41. The number of nitrogens with two attached hydrogens (primary N) is 1. The van der Waals surface area contributed by atoms with Crippen LogP contribution in [0.2, 0.25) is 0 Å². The first-order valence-electron chi connectivity index (χ1n) is 4.42. The molecular formula is C11H14N2O. The number of hydrogen-bond acceptors (Lipinski definition) is 3. The third-order valence-electron chi connectivity index (χ3n) is 2.31. The molecule has 0 aliphatic heterocycles. The van der Waals surface area contributed by atoms with Crippen LogP contribution in [0, 0.1) is 18.3 Å². The predicted octanol–water partition coefficient (Wildman–Crippen LogP) is 1.03. The summed E-state index contributed by atoms with van der Waals surface area (Å²) in [4.78, 5) is 0. The molecule has 0 radical (unpaired) electrons. The first-order chi connectivity index (χ1) is 6.51. The van der Waals surface area contributed by atoms with Gasteiger partial charge in [0.25, 0.3) is 0 Å². The Morgan fingerprint density at radius 2 is 2.21 bits per heavy atom. The van der Waals surface area contributed by atoms with Crippen LogP contribution in [0.4, 0.5) is 0 Å². The predicted molar refractivity (Wildman–Crippen MR) is 54.5 cm³/mol. The minimum absolute atomic E-state index is 0.136. The van der Waals surface area contributed by atoms with Crippen molar-refractivity contribution >= 4 is 0 Å². The third-order valence-corrected chi connectivity index (χ3v) is 2.31. The second-order valence-corrected chi connectivity index (χ2v) is 3.72. The minimum Gasteiger partial charge on any atom is -0.394 e. The molecule has 1 atom stereocenters. The number of nitriles is 1. The Balaban J connectivity index is 3.27. The van der Waals surface area contributed by atoms with Gasteiger partial charge in [0.05, 0.1) is 23.8 Å². The van der Waals surface area contributed by atoms with Gasteiger partial charge in [0.2, 0.25) is 0 Å². The summed E-state index contributed by atoms with van der Waals surface area (Å²) in [7, 11) is 0. The molecule has 1 aromatic carbocycles. The van der Waals surface area contributed by atoms with Crippen LogP contribution in [0.5, 0.6) is 0 Å². The summed E-state index contributed by atoms with van der Waals surface area (Å²) < 4.78 is 0. The summed E-state index contributed by atoms with van der Waals surface area (Å²) in [5.41, 5.74) is 7.49. The fraction of sp³-hybridized carbons (Fsp3) is 0.364. The number of nitrogens with zero attached hydrogens (tertiary/aromatic N) is 1. The molecular weight excluding hydrogens is 176 g/mol. The van der Waals surface area contributed by atoms with Crippen LogP contribution in [0.25, 0.3) is 0 Å². The van der Waals surface area contributed by atoms with Crippen molar-refractivity contribution < 1.29 is 5.11 Å². The molecule has 3 N–H and O–H groups in total. The van der Waals surface area contributed by atoms with Crippen molar-refractivity contribution in [2.75, 3.05) is 6.61 Å². The second kappa shape index (κ2) is 3.79. The van der Waals surface area contributed by atoms with Crippen molar-refractivity contribution in [1.29, 1.82) is 5.26 Å². The van der Waals surface area contributed by atoms with Crippen molar-refractivity contribution in [2.45, 2.75) is 19.4 Å². The quantitative estimate of drug-likeness (QED) is 0.731. The molecule has 0 aliphatic carbocycles. The molecule has 0 aromatic heterocycles. The lowest BCUT2D eigenvalue weighted by Gasteiger charge is -2.24. The summed E-state index contributed by atoms with van der Waals surface area (Å²) in [6.07, 6.45) is 0. The van der Waals surface area contributed by atoms with Gasteiger partial charge in [-0.05, 0) is 37.1 Å². The molecule has 0 fully saturated rings. The van der Waals surface area contributed by atoms with E-state index in [1.807, 2.05) is 13.0 Å². The lowest BCUT2D eigenvalue weighted by atomic mass is 9.89. The van der Waals surface area contributed by atoms with E-state index in [0.29, 0.717) is 5.56 Å². The zero-order valence-electron chi connectivity index (χ0n) is 8.41. The first kappa shape index (κ1) is 10.7. The number of benzene rings is 1. The maximum atomic E-state index is 9.13. The van der Waals surface area contributed by atoms with Gasteiger partial charge in [-0.25, -0.2) is 0 Å². The highest BCUT2D eigenvalue weighted by Gasteiger charge is 2.22. The molecule has 3 nitrogen and oxygen atoms in total. The average Bonchev–Trinajstić information content (AvgIpc) is 2.18. The summed E-state index contributed by atoms with van der Waals surface area (Å²) in [5.74, 6) is 0. The number of rotatable bonds is 2. The molecule has 14 heavy (non-hydrogen) atoms. The molecule has 1 aromatic rings. The Morgan fingerprint density at radius 1 is 1.57 bits per heavy atom. The lowest BCUT2D eigenvalue weighted by Crippen LogP contribution is -2.37. The van der Waals surface area contributed by atoms with Gasteiger partial charge < -0.3 is 10.8 Å². The molecule has 0 saturated heterocycles. The van der Waals surface area contributed by atoms with Gasteiger partial charge in [-0.1, -0.05) is 6.07 Å². The number of aryl methyl sites for hydroxylation is 1. The van der Waals surface area contributed by atoms with Crippen LogP contribution < -0.4 is 5.73 Å². The molecule has 74 valence electrons. The number of aliphatic hydroxyl groups is 1. The molecule has 0 amide bonds. The van der Waals surface area contributed by atoms with Crippen LogP contribution >= 0.6 is 0 Å². The normalized spacial score (nSPS) is 14.5. The van der Waals surface area contributed by atoms with Crippen molar-refractivity contribution in [1.82, 2.24) is 0 Å². The van der Waals surface area contributed by atoms with E-state index < -0.39 is 5.54 Å². The SMILES string of the molecule is Cc1ccc(C#N)cc1C(C)(N)CO. The highest BCUT2D eigenvalue weighted by atomic mass is 16.3. The summed E-state index contributed by atoms with van der Waals surface area (Å²) in [6.45, 7) is 3.52. The Hall–Kier alpha value is -1.37. The molecule has 0 aliphatic rings. The van der Waals surface area contributed by atoms with E-state index in [9.17, 15) is 0 Å². The van der Waals surface area contributed by atoms with E-state index in [1.165, 1.54) is 0 Å². The second-order valence-electron chi connectivity index (χ2n) is 3.72. The third kappa shape index (κ3) is 1.92. The Bertz CT molecular complexity index is 377. The standard InChI is InChI=1S/C11H14N2O/c1-8-3-4-9(6-12)5-10(8)11(2,13)7-14/h3-5,14H,7,13H2,1-2H3. The summed E-state index contributed by atoms with van der Waals surface area (Å²) in [6, 6.07) is 7.37. The van der Waals surface area contributed by atoms with Crippen LogP contribution in [0.15, 0.2) is 18.2 Å². The van der Waals surface area contributed by atoms with Crippen molar-refractivity contribution in [2.24, 2.45) is 5.73 Å². The molecule has 0 bridgehead atoms. The smallest absolute Gasteiger partial charge is 0.0991 e. The van der Waals surface area contributed by atoms with Gasteiger partial charge in [0.15, 0.2) is 0 Å². The highest BCUT2D eigenvalue weighted by Crippen LogP contribution is 2.22. The topological polar surface area (TPSA) is 70.0 Å². The van der Waals surface area contributed by atoms with Gasteiger partial charge in [0, 0.05) is 0 Å². The van der Waals surface area contributed by atoms with Crippen LogP contribution in [0.1, 0.15) is 23.6 Å². The largest absolute Gasteiger partial charge is 0.394 e. The molecule has 3 heteroatoms. The monoisotopic (exact) mass is 190 g/mol.